The van der Waals surface area contributed by atoms with E-state index >= 15 is 0 Å². The van der Waals surface area contributed by atoms with E-state index in [2.05, 4.69) is 4.72 Å². The molecule has 5 heteroatoms. The van der Waals surface area contributed by atoms with Gasteiger partial charge in [-0.1, -0.05) is 48.5 Å². The van der Waals surface area contributed by atoms with E-state index in [4.69, 9.17) is 0 Å². The molecule has 0 bridgehead atoms. The maximum atomic E-state index is 12.8. The Labute approximate surface area is 158 Å². The Morgan fingerprint density at radius 3 is 2.33 bits per heavy atom. The molecule has 0 aromatic heterocycles. The van der Waals surface area contributed by atoms with Gasteiger partial charge < -0.3 is 0 Å². The average Bonchev–Trinajstić information content (AvgIpc) is 2.68. The number of fused-ring (bicyclic) bond motifs is 1. The van der Waals surface area contributed by atoms with Gasteiger partial charge in [-0.3, -0.25) is 9.52 Å². The number of nitrogens with one attached hydrogen (secondary N) is 1. The first-order chi connectivity index (χ1) is 13.0. The number of hydrogen-bond acceptors (Lipinski definition) is 3. The summed E-state index contributed by atoms with van der Waals surface area (Å²) in [6.45, 7) is 0. The van der Waals surface area contributed by atoms with Crippen LogP contribution in [0, 0.1) is 0 Å². The van der Waals surface area contributed by atoms with Crippen molar-refractivity contribution in [3.63, 3.8) is 0 Å². The largest absolute Gasteiger partial charge is 0.299 e. The zero-order valence-electron chi connectivity index (χ0n) is 14.7. The predicted molar refractivity (Wildman–Crippen MR) is 106 cm³/mol. The fraction of sp³-hybridized carbons (Fsp3) is 0.136. The van der Waals surface area contributed by atoms with Crippen LogP contribution in [0.25, 0.3) is 11.1 Å². The highest BCUT2D eigenvalue weighted by atomic mass is 32.2. The lowest BCUT2D eigenvalue weighted by atomic mass is 9.91. The number of anilines is 1. The number of ketones is 1. The Morgan fingerprint density at radius 1 is 0.741 bits per heavy atom. The Kier molecular flexibility index (Phi) is 4.54. The van der Waals surface area contributed by atoms with Crippen molar-refractivity contribution in [1.29, 1.82) is 0 Å². The molecule has 0 heterocycles. The topological polar surface area (TPSA) is 63.2 Å². The Balaban J connectivity index is 1.62. The first kappa shape index (κ1) is 17.5. The van der Waals surface area contributed by atoms with Gasteiger partial charge in [0.15, 0.2) is 0 Å². The molecule has 0 saturated heterocycles. The van der Waals surface area contributed by atoms with Gasteiger partial charge in [0.25, 0.3) is 10.0 Å². The molecule has 3 aromatic carbocycles. The Morgan fingerprint density at radius 2 is 1.52 bits per heavy atom. The number of carbonyl (C=O) groups is 1. The number of benzene rings is 3. The van der Waals surface area contributed by atoms with Gasteiger partial charge in [-0.25, -0.2) is 8.42 Å². The monoisotopic (exact) mass is 377 g/mol. The minimum Gasteiger partial charge on any atom is -0.299 e. The van der Waals surface area contributed by atoms with Crippen LogP contribution in [0.5, 0.6) is 0 Å². The Bertz CT molecular complexity index is 1110. The average molecular weight is 377 g/mol. The van der Waals surface area contributed by atoms with Crippen molar-refractivity contribution in [1.82, 2.24) is 0 Å². The van der Waals surface area contributed by atoms with Crippen LogP contribution in [0.4, 0.5) is 5.69 Å². The van der Waals surface area contributed by atoms with E-state index in [9.17, 15) is 13.2 Å². The minimum atomic E-state index is -3.69. The third kappa shape index (κ3) is 3.78. The zero-order chi connectivity index (χ0) is 18.9. The maximum absolute atomic E-state index is 12.8. The van der Waals surface area contributed by atoms with Gasteiger partial charge in [-0.05, 0) is 52.9 Å². The van der Waals surface area contributed by atoms with Crippen LogP contribution < -0.4 is 4.72 Å². The standard InChI is InChI=1S/C22H19NO3S/c24-21-11-9-19-15-22(12-10-18(19)14-21)27(25,26)23-20-8-4-7-17(13-20)16-5-2-1-3-6-16/h1-8,10,12-13,15,23H,9,11,14H2. The molecule has 0 amide bonds. The predicted octanol–water partition coefficient (Wildman–Crippen LogP) is 4.21. The summed E-state index contributed by atoms with van der Waals surface area (Å²) in [5.74, 6) is 0.203. The summed E-state index contributed by atoms with van der Waals surface area (Å²) < 4.78 is 28.3. The van der Waals surface area contributed by atoms with E-state index in [1.165, 1.54) is 0 Å². The molecule has 3 aromatic rings. The summed E-state index contributed by atoms with van der Waals surface area (Å²) in [5, 5.41) is 0. The first-order valence-electron chi connectivity index (χ1n) is 8.83. The van der Waals surface area contributed by atoms with Gasteiger partial charge in [0.1, 0.15) is 5.78 Å². The maximum Gasteiger partial charge on any atom is 0.261 e. The van der Waals surface area contributed by atoms with E-state index in [0.717, 1.165) is 22.3 Å². The quantitative estimate of drug-likeness (QED) is 0.741. The van der Waals surface area contributed by atoms with Crippen molar-refractivity contribution in [3.8, 4) is 11.1 Å². The van der Waals surface area contributed by atoms with Crippen LogP contribution in [0.3, 0.4) is 0 Å². The van der Waals surface area contributed by atoms with Gasteiger partial charge in [0.05, 0.1) is 4.90 Å². The fourth-order valence-electron chi connectivity index (χ4n) is 3.36. The molecule has 1 N–H and O–H groups in total. The SMILES string of the molecule is O=C1CCc2cc(S(=O)(=O)Nc3cccc(-c4ccccc4)c3)ccc2C1. The molecule has 0 spiro atoms. The summed E-state index contributed by atoms with van der Waals surface area (Å²) in [4.78, 5) is 11.8. The van der Waals surface area contributed by atoms with E-state index in [-0.39, 0.29) is 10.7 Å². The van der Waals surface area contributed by atoms with Gasteiger partial charge in [0.2, 0.25) is 0 Å². The van der Waals surface area contributed by atoms with Crippen molar-refractivity contribution in [2.45, 2.75) is 24.2 Å². The highest BCUT2D eigenvalue weighted by Gasteiger charge is 2.20. The normalized spacial score (nSPS) is 13.9. The molecule has 1 aliphatic rings. The molecule has 0 atom stereocenters. The minimum absolute atomic E-state index is 0.203. The van der Waals surface area contributed by atoms with E-state index in [0.29, 0.717) is 24.9 Å². The molecule has 4 nitrogen and oxygen atoms in total. The number of hydrogen-bond donors (Lipinski definition) is 1. The van der Waals surface area contributed by atoms with Crippen LogP contribution >= 0.6 is 0 Å². The number of aryl methyl sites for hydroxylation is 1. The van der Waals surface area contributed by atoms with Crippen LogP contribution in [0.2, 0.25) is 0 Å². The van der Waals surface area contributed by atoms with Crippen LogP contribution in [0.15, 0.2) is 77.7 Å². The molecule has 4 rings (SSSR count). The molecular formula is C22H19NO3S. The molecule has 0 radical (unpaired) electrons. The number of Topliss-reactive ketones (excluding diaryl/α,β-unsaturated/α-hetero) is 1. The van der Waals surface area contributed by atoms with E-state index < -0.39 is 10.0 Å². The highest BCUT2D eigenvalue weighted by molar-refractivity contribution is 7.92. The van der Waals surface area contributed by atoms with Crippen LogP contribution in [0.1, 0.15) is 17.5 Å². The first-order valence-corrected chi connectivity index (χ1v) is 10.3. The third-order valence-corrected chi connectivity index (χ3v) is 6.15. The smallest absolute Gasteiger partial charge is 0.261 e. The molecule has 0 unspecified atom stereocenters. The van der Waals surface area contributed by atoms with Gasteiger partial charge in [0, 0.05) is 18.5 Å². The van der Waals surface area contributed by atoms with Gasteiger partial charge in [-0.15, -0.1) is 0 Å². The summed E-state index contributed by atoms with van der Waals surface area (Å²) >= 11 is 0. The summed E-state index contributed by atoms with van der Waals surface area (Å²) in [5.41, 5.74) is 4.35. The summed E-state index contributed by atoms with van der Waals surface area (Å²) in [6, 6.07) is 22.2. The van der Waals surface area contributed by atoms with Gasteiger partial charge in [-0.2, -0.15) is 0 Å². The second kappa shape index (κ2) is 7.00. The summed E-state index contributed by atoms with van der Waals surface area (Å²) in [6.07, 6.45) is 1.46. The lowest BCUT2D eigenvalue weighted by Crippen LogP contribution is -2.16. The van der Waals surface area contributed by atoms with Crippen molar-refractivity contribution >= 4 is 21.5 Å². The van der Waals surface area contributed by atoms with Crippen molar-refractivity contribution in [2.75, 3.05) is 4.72 Å². The highest BCUT2D eigenvalue weighted by Crippen LogP contribution is 2.26. The van der Waals surface area contributed by atoms with Crippen LogP contribution in [-0.2, 0) is 27.7 Å². The zero-order valence-corrected chi connectivity index (χ0v) is 15.5. The molecule has 27 heavy (non-hydrogen) atoms. The molecular weight excluding hydrogens is 358 g/mol. The van der Waals surface area contributed by atoms with Crippen molar-refractivity contribution < 1.29 is 13.2 Å². The lowest BCUT2D eigenvalue weighted by Gasteiger charge is -2.16. The molecule has 1 aliphatic carbocycles. The van der Waals surface area contributed by atoms with Crippen molar-refractivity contribution in [2.24, 2.45) is 0 Å². The third-order valence-electron chi connectivity index (χ3n) is 4.77. The van der Waals surface area contributed by atoms with Crippen LogP contribution in [-0.4, -0.2) is 14.2 Å². The number of carbonyl (C=O) groups excluding carboxylic acids is 1. The second-order valence-electron chi connectivity index (χ2n) is 6.70. The molecule has 0 aliphatic heterocycles. The van der Waals surface area contributed by atoms with Gasteiger partial charge >= 0.3 is 0 Å². The number of sulfonamides is 1. The van der Waals surface area contributed by atoms with Crippen molar-refractivity contribution in [3.05, 3.63) is 83.9 Å². The molecule has 136 valence electrons. The molecule has 0 saturated carbocycles. The summed E-state index contributed by atoms with van der Waals surface area (Å²) in [7, 11) is -3.69. The fourth-order valence-corrected chi connectivity index (χ4v) is 4.46. The second-order valence-corrected chi connectivity index (χ2v) is 8.38. The lowest BCUT2D eigenvalue weighted by molar-refractivity contribution is -0.118. The Hall–Kier alpha value is -2.92. The number of rotatable bonds is 4. The molecule has 0 fully saturated rings. The van der Waals surface area contributed by atoms with E-state index in [1.54, 1.807) is 24.3 Å². The van der Waals surface area contributed by atoms with E-state index in [1.807, 2.05) is 48.5 Å².